The molecule has 6 nitrogen and oxygen atoms in total. The van der Waals surface area contributed by atoms with Crippen LogP contribution in [0.1, 0.15) is 27.9 Å². The molecule has 0 bridgehead atoms. The van der Waals surface area contributed by atoms with Crippen molar-refractivity contribution in [2.45, 2.75) is 30.5 Å². The van der Waals surface area contributed by atoms with Gasteiger partial charge in [-0.1, -0.05) is 35.3 Å². The second-order valence-electron chi connectivity index (χ2n) is 7.62. The highest BCUT2D eigenvalue weighted by atomic mass is 35.5. The number of carbonyl (C=O) groups excluding carboxylic acids is 1. The minimum absolute atomic E-state index is 0.0174. The van der Waals surface area contributed by atoms with Gasteiger partial charge in [0.05, 0.1) is 20.5 Å². The Labute approximate surface area is 214 Å². The molecule has 0 spiro atoms. The van der Waals surface area contributed by atoms with Gasteiger partial charge in [-0.2, -0.15) is 13.2 Å². The van der Waals surface area contributed by atoms with Gasteiger partial charge in [0.25, 0.3) is 5.91 Å². The van der Waals surface area contributed by atoms with Crippen LogP contribution < -0.4 is 15.2 Å². The van der Waals surface area contributed by atoms with Crippen molar-refractivity contribution in [2.24, 2.45) is 5.14 Å². The third-order valence-corrected chi connectivity index (χ3v) is 6.45. The fraction of sp³-hybridized carbons (Fsp3) is 0.174. The molecule has 0 fully saturated rings. The molecular weight excluding hydrogens is 547 g/mol. The second-order valence-corrected chi connectivity index (χ2v) is 9.97. The van der Waals surface area contributed by atoms with Crippen molar-refractivity contribution in [2.75, 3.05) is 0 Å². The van der Waals surface area contributed by atoms with Gasteiger partial charge in [0.2, 0.25) is 10.0 Å². The van der Waals surface area contributed by atoms with E-state index in [1.807, 2.05) is 0 Å². The number of hydrogen-bond acceptors (Lipinski definition) is 4. The van der Waals surface area contributed by atoms with Gasteiger partial charge in [-0.15, -0.1) is 0 Å². The average Bonchev–Trinajstić information content (AvgIpc) is 2.78. The number of alkyl halides is 3. The van der Waals surface area contributed by atoms with E-state index >= 15 is 0 Å². The van der Waals surface area contributed by atoms with Crippen LogP contribution in [0, 0.1) is 5.82 Å². The number of sulfonamides is 1. The molecule has 0 atom stereocenters. The lowest BCUT2D eigenvalue weighted by Crippen LogP contribution is -2.23. The maximum Gasteiger partial charge on any atom is 0.389 e. The normalized spacial score (nSPS) is 11.9. The molecular formula is C23H18Cl2F4N2O4S. The second kappa shape index (κ2) is 11.0. The number of hydrogen-bond donors (Lipinski definition) is 2. The number of primary sulfonamides is 1. The van der Waals surface area contributed by atoms with Crippen LogP contribution in [0.5, 0.6) is 11.5 Å². The van der Waals surface area contributed by atoms with Gasteiger partial charge < -0.3 is 10.1 Å². The van der Waals surface area contributed by atoms with E-state index in [2.05, 4.69) is 5.32 Å². The molecule has 36 heavy (non-hydrogen) atoms. The average molecular weight is 565 g/mol. The van der Waals surface area contributed by atoms with Crippen LogP contribution in [-0.2, 0) is 23.0 Å². The number of halogens is 6. The van der Waals surface area contributed by atoms with E-state index in [0.717, 1.165) is 12.1 Å². The number of rotatable bonds is 8. The Balaban J connectivity index is 1.77. The molecule has 0 saturated heterocycles. The summed E-state index contributed by atoms with van der Waals surface area (Å²) >= 11 is 12.5. The van der Waals surface area contributed by atoms with Crippen molar-refractivity contribution >= 4 is 39.1 Å². The van der Waals surface area contributed by atoms with Crippen molar-refractivity contribution in [3.63, 3.8) is 0 Å². The van der Waals surface area contributed by atoms with Crippen molar-refractivity contribution in [1.29, 1.82) is 0 Å². The maximum absolute atomic E-state index is 14.0. The van der Waals surface area contributed by atoms with Crippen LogP contribution in [0.15, 0.2) is 59.5 Å². The van der Waals surface area contributed by atoms with Gasteiger partial charge in [0, 0.05) is 19.0 Å². The SMILES string of the molecule is NS(=O)(=O)c1ccc(CNC(=O)c2ccc(Cl)c(Oc3cc(F)cc(CCC(F)(F)F)c3)c2Cl)cc1. The fourth-order valence-electron chi connectivity index (χ4n) is 3.10. The third-order valence-electron chi connectivity index (χ3n) is 4.85. The Kier molecular flexibility index (Phi) is 8.50. The molecule has 0 heterocycles. The summed E-state index contributed by atoms with van der Waals surface area (Å²) in [6, 6.07) is 11.3. The summed E-state index contributed by atoms with van der Waals surface area (Å²) in [5, 5.41) is 7.44. The zero-order valence-corrected chi connectivity index (χ0v) is 20.5. The molecule has 3 aromatic carbocycles. The molecule has 13 heteroatoms. The Hall–Kier alpha value is -2.86. The number of benzene rings is 3. The predicted molar refractivity (Wildman–Crippen MR) is 126 cm³/mol. The fourth-order valence-corrected chi connectivity index (χ4v) is 4.15. The van der Waals surface area contributed by atoms with Crippen LogP contribution in [0.2, 0.25) is 10.0 Å². The molecule has 0 aromatic heterocycles. The number of carbonyl (C=O) groups is 1. The summed E-state index contributed by atoms with van der Waals surface area (Å²) in [7, 11) is -3.85. The number of nitrogens with one attached hydrogen (secondary N) is 1. The van der Waals surface area contributed by atoms with E-state index in [4.69, 9.17) is 33.1 Å². The molecule has 3 N–H and O–H groups in total. The Morgan fingerprint density at radius 1 is 1.00 bits per heavy atom. The number of ether oxygens (including phenoxy) is 1. The van der Waals surface area contributed by atoms with E-state index in [0.29, 0.717) is 5.56 Å². The largest absolute Gasteiger partial charge is 0.454 e. The zero-order chi connectivity index (χ0) is 26.7. The van der Waals surface area contributed by atoms with Crippen molar-refractivity contribution in [3.8, 4) is 11.5 Å². The Morgan fingerprint density at radius 3 is 2.28 bits per heavy atom. The molecule has 0 aliphatic rings. The molecule has 3 aromatic rings. The summed E-state index contributed by atoms with van der Waals surface area (Å²) in [6.07, 6.45) is -6.01. The third kappa shape index (κ3) is 7.57. The Bertz CT molecular complexity index is 1380. The van der Waals surface area contributed by atoms with E-state index in [1.54, 1.807) is 0 Å². The summed E-state index contributed by atoms with van der Waals surface area (Å²) < 4.78 is 79.8. The van der Waals surface area contributed by atoms with Gasteiger partial charge in [-0.25, -0.2) is 17.9 Å². The lowest BCUT2D eigenvalue weighted by Gasteiger charge is -2.14. The van der Waals surface area contributed by atoms with Crippen molar-refractivity contribution < 1.29 is 35.5 Å². The van der Waals surface area contributed by atoms with Crippen LogP contribution in [0.4, 0.5) is 17.6 Å². The minimum Gasteiger partial charge on any atom is -0.454 e. The molecule has 0 saturated carbocycles. The lowest BCUT2D eigenvalue weighted by molar-refractivity contribution is -0.134. The minimum atomic E-state index is -4.41. The topological polar surface area (TPSA) is 98.5 Å². The standard InChI is InChI=1S/C23H18Cl2F4N2O4S/c24-19-6-5-18(22(32)31-12-13-1-3-17(4-2-13)36(30,33)34)20(25)21(19)35-16-10-14(9-15(26)11-16)7-8-23(27,28)29/h1-6,9-11H,7-8,12H2,(H,31,32)(H2,30,33,34). The number of nitrogens with two attached hydrogens (primary N) is 1. The van der Waals surface area contributed by atoms with Crippen molar-refractivity contribution in [1.82, 2.24) is 5.32 Å². The van der Waals surface area contributed by atoms with Gasteiger partial charge >= 0.3 is 6.18 Å². The highest BCUT2D eigenvalue weighted by Crippen LogP contribution is 2.39. The number of aryl methyl sites for hydroxylation is 1. The van der Waals surface area contributed by atoms with Gasteiger partial charge in [-0.3, -0.25) is 4.79 Å². The quantitative estimate of drug-likeness (QED) is 0.328. The van der Waals surface area contributed by atoms with Crippen LogP contribution in [0.3, 0.4) is 0 Å². The first-order valence-electron chi connectivity index (χ1n) is 10.1. The van der Waals surface area contributed by atoms with Crippen LogP contribution in [0.25, 0.3) is 0 Å². The first-order chi connectivity index (χ1) is 16.7. The van der Waals surface area contributed by atoms with Crippen LogP contribution >= 0.6 is 23.2 Å². The molecule has 0 unspecified atom stereocenters. The van der Waals surface area contributed by atoms with E-state index < -0.39 is 40.8 Å². The Morgan fingerprint density at radius 2 is 1.67 bits per heavy atom. The highest BCUT2D eigenvalue weighted by Gasteiger charge is 2.27. The monoisotopic (exact) mass is 564 g/mol. The molecule has 0 aliphatic carbocycles. The van der Waals surface area contributed by atoms with Gasteiger partial charge in [0.15, 0.2) is 5.75 Å². The van der Waals surface area contributed by atoms with E-state index in [1.165, 1.54) is 42.5 Å². The summed E-state index contributed by atoms with van der Waals surface area (Å²) in [5.41, 5.74) is 0.589. The highest BCUT2D eigenvalue weighted by molar-refractivity contribution is 7.89. The summed E-state index contributed by atoms with van der Waals surface area (Å²) in [4.78, 5) is 12.6. The molecule has 3 rings (SSSR count). The molecule has 1 amide bonds. The lowest BCUT2D eigenvalue weighted by atomic mass is 10.1. The van der Waals surface area contributed by atoms with E-state index in [-0.39, 0.29) is 44.1 Å². The molecule has 192 valence electrons. The van der Waals surface area contributed by atoms with Gasteiger partial charge in [-0.05, 0) is 53.9 Å². The van der Waals surface area contributed by atoms with E-state index in [9.17, 15) is 30.8 Å². The summed E-state index contributed by atoms with van der Waals surface area (Å²) in [6.45, 7) is 0.0192. The van der Waals surface area contributed by atoms with Gasteiger partial charge in [0.1, 0.15) is 11.6 Å². The zero-order valence-electron chi connectivity index (χ0n) is 18.2. The summed E-state index contributed by atoms with van der Waals surface area (Å²) in [5.74, 6) is -1.78. The molecule has 0 radical (unpaired) electrons. The number of amides is 1. The predicted octanol–water partition coefficient (Wildman–Crippen LogP) is 6.00. The maximum atomic E-state index is 14.0. The molecule has 0 aliphatic heterocycles. The van der Waals surface area contributed by atoms with Crippen LogP contribution in [-0.4, -0.2) is 20.5 Å². The van der Waals surface area contributed by atoms with Crippen molar-refractivity contribution in [3.05, 3.63) is 87.2 Å². The first kappa shape index (κ1) is 27.7. The smallest absolute Gasteiger partial charge is 0.389 e. The first-order valence-corrected chi connectivity index (χ1v) is 12.4.